The van der Waals surface area contributed by atoms with Crippen LogP contribution in [0.25, 0.3) is 0 Å². The summed E-state index contributed by atoms with van der Waals surface area (Å²) in [6.07, 6.45) is 0. The van der Waals surface area contributed by atoms with Crippen LogP contribution in [0.5, 0.6) is 5.75 Å². The van der Waals surface area contributed by atoms with Gasteiger partial charge in [-0.25, -0.2) is 9.97 Å². The molecule has 0 saturated heterocycles. The lowest BCUT2D eigenvalue weighted by atomic mass is 10.1. The van der Waals surface area contributed by atoms with Crippen molar-refractivity contribution in [3.8, 4) is 5.75 Å². The second kappa shape index (κ2) is 8.05. The molecule has 0 aliphatic rings. The molecule has 2 N–H and O–H groups in total. The minimum atomic E-state index is 0.0104. The molecule has 0 radical (unpaired) electrons. The number of hydrogen-bond donors (Lipinski definition) is 2. The predicted octanol–water partition coefficient (Wildman–Crippen LogP) is 5.14. The summed E-state index contributed by atoms with van der Waals surface area (Å²) in [5.74, 6) is 2.45. The molecule has 27 heavy (non-hydrogen) atoms. The average Bonchev–Trinajstić information content (AvgIpc) is 2.61. The third kappa shape index (κ3) is 4.74. The summed E-state index contributed by atoms with van der Waals surface area (Å²) in [6.45, 7) is 3.35. The van der Waals surface area contributed by atoms with Gasteiger partial charge in [-0.1, -0.05) is 23.7 Å². The highest BCUT2D eigenvalue weighted by Crippen LogP contribution is 2.29. The zero-order chi connectivity index (χ0) is 19.4. The molecule has 2 aromatic carbocycles. The van der Waals surface area contributed by atoms with E-state index in [0.717, 1.165) is 11.4 Å². The molecule has 1 aromatic heterocycles. The van der Waals surface area contributed by atoms with E-state index in [-0.39, 0.29) is 5.78 Å². The molecule has 7 heteroatoms. The van der Waals surface area contributed by atoms with Gasteiger partial charge in [-0.15, -0.1) is 0 Å². The van der Waals surface area contributed by atoms with E-state index in [1.165, 1.54) is 6.92 Å². The number of benzene rings is 2. The first-order valence-corrected chi connectivity index (χ1v) is 8.66. The fourth-order valence-corrected chi connectivity index (χ4v) is 2.81. The second-order valence-electron chi connectivity index (χ2n) is 5.92. The van der Waals surface area contributed by atoms with Gasteiger partial charge in [-0.2, -0.15) is 0 Å². The Kier molecular flexibility index (Phi) is 5.57. The van der Waals surface area contributed by atoms with Gasteiger partial charge in [-0.05, 0) is 44.2 Å². The molecule has 0 saturated carbocycles. The first-order chi connectivity index (χ1) is 12.9. The van der Waals surface area contributed by atoms with Crippen LogP contribution in [0.3, 0.4) is 0 Å². The lowest BCUT2D eigenvalue weighted by molar-refractivity contribution is 0.101. The van der Waals surface area contributed by atoms with E-state index in [9.17, 15) is 4.79 Å². The number of anilines is 4. The van der Waals surface area contributed by atoms with Gasteiger partial charge in [0, 0.05) is 23.0 Å². The van der Waals surface area contributed by atoms with Crippen molar-refractivity contribution in [1.82, 2.24) is 9.97 Å². The molecule has 0 amide bonds. The third-order valence-electron chi connectivity index (χ3n) is 3.80. The summed E-state index contributed by atoms with van der Waals surface area (Å²) in [5, 5.41) is 6.92. The molecule has 0 fully saturated rings. The molecule has 0 bridgehead atoms. The number of nitrogens with zero attached hydrogens (tertiary/aromatic N) is 2. The first-order valence-electron chi connectivity index (χ1n) is 8.29. The number of carbonyl (C=O) groups is 1. The number of rotatable bonds is 6. The number of Topliss-reactive ketones (excluding diaryl/α,β-unsaturated/α-hetero) is 1. The number of ketones is 1. The van der Waals surface area contributed by atoms with Crippen LogP contribution in [0.1, 0.15) is 23.1 Å². The molecule has 0 spiro atoms. The predicted molar refractivity (Wildman–Crippen MR) is 108 cm³/mol. The van der Waals surface area contributed by atoms with Crippen LogP contribution in [0.2, 0.25) is 5.02 Å². The number of aromatic nitrogens is 2. The van der Waals surface area contributed by atoms with Crippen LogP contribution in [0.4, 0.5) is 23.0 Å². The largest absolute Gasteiger partial charge is 0.495 e. The van der Waals surface area contributed by atoms with Gasteiger partial charge in [0.05, 0.1) is 12.1 Å². The molecule has 3 rings (SSSR count). The van der Waals surface area contributed by atoms with Crippen molar-refractivity contribution >= 4 is 40.4 Å². The van der Waals surface area contributed by atoms with Crippen LogP contribution in [0, 0.1) is 6.92 Å². The Balaban J connectivity index is 1.83. The zero-order valence-corrected chi connectivity index (χ0v) is 16.0. The van der Waals surface area contributed by atoms with E-state index in [1.807, 2.05) is 25.1 Å². The Hall–Kier alpha value is -3.12. The maximum Gasteiger partial charge on any atom is 0.159 e. The molecule has 0 atom stereocenters. The van der Waals surface area contributed by atoms with Crippen molar-refractivity contribution in [3.63, 3.8) is 0 Å². The number of aryl methyl sites for hydroxylation is 1. The van der Waals surface area contributed by atoms with Gasteiger partial charge in [-0.3, -0.25) is 4.79 Å². The quantitative estimate of drug-likeness (QED) is 0.575. The van der Waals surface area contributed by atoms with Crippen LogP contribution >= 0.6 is 11.6 Å². The van der Waals surface area contributed by atoms with Crippen molar-refractivity contribution in [3.05, 3.63) is 64.9 Å². The van der Waals surface area contributed by atoms with Crippen LogP contribution in [-0.2, 0) is 0 Å². The monoisotopic (exact) mass is 382 g/mol. The van der Waals surface area contributed by atoms with E-state index in [4.69, 9.17) is 16.3 Å². The van der Waals surface area contributed by atoms with Gasteiger partial charge in [0.25, 0.3) is 0 Å². The van der Waals surface area contributed by atoms with E-state index in [2.05, 4.69) is 20.6 Å². The number of ether oxygens (including phenoxy) is 1. The summed E-state index contributed by atoms with van der Waals surface area (Å²) in [5.41, 5.74) is 2.19. The third-order valence-corrected chi connectivity index (χ3v) is 4.10. The molecule has 6 nitrogen and oxygen atoms in total. The Labute approximate surface area is 162 Å². The van der Waals surface area contributed by atoms with E-state index >= 15 is 0 Å². The molecular formula is C20H19ClN4O2. The Morgan fingerprint density at radius 3 is 2.26 bits per heavy atom. The van der Waals surface area contributed by atoms with Crippen molar-refractivity contribution in [2.75, 3.05) is 17.7 Å². The van der Waals surface area contributed by atoms with Crippen molar-refractivity contribution in [1.29, 1.82) is 0 Å². The summed E-state index contributed by atoms with van der Waals surface area (Å²) < 4.78 is 5.16. The van der Waals surface area contributed by atoms with Crippen LogP contribution < -0.4 is 15.4 Å². The Morgan fingerprint density at radius 2 is 1.67 bits per heavy atom. The topological polar surface area (TPSA) is 76.1 Å². The van der Waals surface area contributed by atoms with Gasteiger partial charge >= 0.3 is 0 Å². The Bertz CT molecular complexity index is 991. The Morgan fingerprint density at radius 1 is 1.00 bits per heavy atom. The maximum absolute atomic E-state index is 11.6. The lowest BCUT2D eigenvalue weighted by Gasteiger charge is -2.12. The number of nitrogens with one attached hydrogen (secondary N) is 2. The number of methoxy groups -OCH3 is 1. The van der Waals surface area contributed by atoms with E-state index in [0.29, 0.717) is 33.8 Å². The minimum absolute atomic E-state index is 0.0104. The van der Waals surface area contributed by atoms with Crippen molar-refractivity contribution in [2.24, 2.45) is 0 Å². The lowest BCUT2D eigenvalue weighted by Crippen LogP contribution is -2.02. The highest BCUT2D eigenvalue weighted by Gasteiger charge is 2.07. The fraction of sp³-hybridized carbons (Fsp3) is 0.150. The summed E-state index contributed by atoms with van der Waals surface area (Å²) in [7, 11) is 1.57. The molecule has 0 aliphatic carbocycles. The van der Waals surface area contributed by atoms with Gasteiger partial charge in [0.1, 0.15) is 23.2 Å². The van der Waals surface area contributed by atoms with E-state index in [1.54, 1.807) is 37.4 Å². The van der Waals surface area contributed by atoms with Crippen molar-refractivity contribution in [2.45, 2.75) is 13.8 Å². The van der Waals surface area contributed by atoms with Gasteiger partial charge in [0.2, 0.25) is 0 Å². The molecule has 138 valence electrons. The fourth-order valence-electron chi connectivity index (χ4n) is 2.55. The highest BCUT2D eigenvalue weighted by molar-refractivity contribution is 6.32. The minimum Gasteiger partial charge on any atom is -0.495 e. The van der Waals surface area contributed by atoms with Crippen molar-refractivity contribution < 1.29 is 9.53 Å². The zero-order valence-electron chi connectivity index (χ0n) is 15.2. The van der Waals surface area contributed by atoms with Crippen LogP contribution in [0.15, 0.2) is 48.5 Å². The molecule has 0 aliphatic heterocycles. The summed E-state index contributed by atoms with van der Waals surface area (Å²) in [4.78, 5) is 20.3. The summed E-state index contributed by atoms with van der Waals surface area (Å²) in [6, 6.07) is 14.4. The number of halogens is 1. The molecule has 0 unspecified atom stereocenters. The van der Waals surface area contributed by atoms with Gasteiger partial charge in [0.15, 0.2) is 5.78 Å². The van der Waals surface area contributed by atoms with E-state index < -0.39 is 0 Å². The normalized spacial score (nSPS) is 10.4. The van der Waals surface area contributed by atoms with Crippen LogP contribution in [-0.4, -0.2) is 22.9 Å². The second-order valence-corrected chi connectivity index (χ2v) is 6.33. The standard InChI is InChI=1S/C20H19ClN4O2/c1-12(26)14-5-4-6-15(9-14)24-19-11-20(23-13(2)22-19)25-16-7-8-18(27-3)17(21)10-16/h4-11H,1-3H3,(H2,22,23,24,25). The summed E-state index contributed by atoms with van der Waals surface area (Å²) >= 11 is 6.17. The number of carbonyl (C=O) groups excluding carboxylic acids is 1. The molecule has 3 aromatic rings. The number of hydrogen-bond acceptors (Lipinski definition) is 6. The average molecular weight is 383 g/mol. The SMILES string of the molecule is COc1ccc(Nc2cc(Nc3cccc(C(C)=O)c3)nc(C)n2)cc1Cl. The maximum atomic E-state index is 11.6. The highest BCUT2D eigenvalue weighted by atomic mass is 35.5. The smallest absolute Gasteiger partial charge is 0.159 e. The molecule has 1 heterocycles. The molecular weight excluding hydrogens is 364 g/mol. The van der Waals surface area contributed by atoms with Gasteiger partial charge < -0.3 is 15.4 Å². The first kappa shape index (κ1) is 18.7.